The number of benzene rings is 1. The summed E-state index contributed by atoms with van der Waals surface area (Å²) in [6.45, 7) is 9.93. The van der Waals surface area contributed by atoms with Crippen molar-refractivity contribution in [3.8, 4) is 0 Å². The first-order valence-corrected chi connectivity index (χ1v) is 10.5. The largest absolute Gasteiger partial charge is 0.454 e. The van der Waals surface area contributed by atoms with E-state index in [1.54, 1.807) is 17.0 Å². The topological polar surface area (TPSA) is 87.7 Å². The molecule has 0 aliphatic carbocycles. The summed E-state index contributed by atoms with van der Waals surface area (Å²) in [5, 5.41) is 5.84. The van der Waals surface area contributed by atoms with E-state index in [0.29, 0.717) is 24.5 Å². The highest BCUT2D eigenvalue weighted by molar-refractivity contribution is 6.30. The van der Waals surface area contributed by atoms with Crippen LogP contribution in [0.2, 0.25) is 5.02 Å². The summed E-state index contributed by atoms with van der Waals surface area (Å²) in [5.41, 5.74) is -0.612. The van der Waals surface area contributed by atoms with Gasteiger partial charge in [-0.3, -0.25) is 9.59 Å². The zero-order chi connectivity index (χ0) is 22.7. The number of nitrogens with one attached hydrogen (secondary N) is 2. The first kappa shape index (κ1) is 24.0. The van der Waals surface area contributed by atoms with E-state index in [-0.39, 0.29) is 17.8 Å². The van der Waals surface area contributed by atoms with Crippen LogP contribution < -0.4 is 10.6 Å². The van der Waals surface area contributed by atoms with E-state index in [0.717, 1.165) is 5.56 Å². The highest BCUT2D eigenvalue weighted by Crippen LogP contribution is 2.49. The molecule has 0 spiro atoms. The van der Waals surface area contributed by atoms with Crippen molar-refractivity contribution < 1.29 is 19.1 Å². The Hall–Kier alpha value is -2.28. The summed E-state index contributed by atoms with van der Waals surface area (Å²) in [4.78, 5) is 38.8. The van der Waals surface area contributed by atoms with Crippen LogP contribution in [0, 0.1) is 11.3 Å². The average molecular weight is 438 g/mol. The molecule has 30 heavy (non-hydrogen) atoms. The molecule has 1 aromatic rings. The number of amides is 3. The van der Waals surface area contributed by atoms with E-state index < -0.39 is 23.1 Å². The van der Waals surface area contributed by atoms with Crippen molar-refractivity contribution in [3.05, 3.63) is 34.9 Å². The third-order valence-corrected chi connectivity index (χ3v) is 6.05. The summed E-state index contributed by atoms with van der Waals surface area (Å²) in [6.07, 6.45) is 0.442. The van der Waals surface area contributed by atoms with Crippen LogP contribution in [0.5, 0.6) is 0 Å². The fourth-order valence-corrected chi connectivity index (χ4v) is 4.30. The van der Waals surface area contributed by atoms with Crippen LogP contribution in [-0.2, 0) is 19.9 Å². The van der Waals surface area contributed by atoms with E-state index in [4.69, 9.17) is 16.3 Å². The van der Waals surface area contributed by atoms with Crippen molar-refractivity contribution >= 4 is 29.5 Å². The molecule has 1 heterocycles. The lowest BCUT2D eigenvalue weighted by molar-refractivity contribution is -0.190. The van der Waals surface area contributed by atoms with Gasteiger partial charge in [-0.15, -0.1) is 0 Å². The highest BCUT2D eigenvalue weighted by Gasteiger charge is 2.54. The number of halogens is 1. The Morgan fingerprint density at radius 3 is 2.23 bits per heavy atom. The summed E-state index contributed by atoms with van der Waals surface area (Å²) in [6, 6.07) is 6.25. The van der Waals surface area contributed by atoms with Crippen molar-refractivity contribution in [2.45, 2.75) is 52.7 Å². The number of hydrogen-bond donors (Lipinski definition) is 2. The summed E-state index contributed by atoms with van der Waals surface area (Å²) >= 11 is 6.06. The Balaban J connectivity index is 2.35. The van der Waals surface area contributed by atoms with E-state index in [1.807, 2.05) is 39.8 Å². The van der Waals surface area contributed by atoms with Gasteiger partial charge in [0.05, 0.1) is 0 Å². The van der Waals surface area contributed by atoms with Crippen LogP contribution >= 0.6 is 11.6 Å². The summed E-state index contributed by atoms with van der Waals surface area (Å²) in [7, 11) is 1.51. The molecule has 2 rings (SSSR count). The first-order chi connectivity index (χ1) is 13.9. The van der Waals surface area contributed by atoms with E-state index in [1.165, 1.54) is 14.0 Å². The monoisotopic (exact) mass is 437 g/mol. The highest BCUT2D eigenvalue weighted by atomic mass is 35.5. The standard InChI is InChI=1S/C22H32ClN3O4/c1-14(2)18(25-20(29)24-6)19(28)26-12-11-22(30-15(3)27,21(4,5)13-26)16-7-9-17(23)10-8-16/h7-10,14,18H,11-13H2,1-6H3,(H2,24,25,29). The molecule has 0 radical (unpaired) electrons. The maximum Gasteiger partial charge on any atom is 0.315 e. The molecule has 0 aromatic heterocycles. The molecule has 2 atom stereocenters. The number of likely N-dealkylation sites (tertiary alicyclic amines) is 1. The zero-order valence-electron chi connectivity index (χ0n) is 18.5. The number of carbonyl (C=O) groups excluding carboxylic acids is 3. The lowest BCUT2D eigenvalue weighted by atomic mass is 9.66. The predicted octanol–water partition coefficient (Wildman–Crippen LogP) is 3.31. The molecule has 2 N–H and O–H groups in total. The van der Waals surface area contributed by atoms with Gasteiger partial charge in [-0.25, -0.2) is 4.79 Å². The normalized spacial score (nSPS) is 21.7. The van der Waals surface area contributed by atoms with Gasteiger partial charge in [-0.1, -0.05) is 51.4 Å². The van der Waals surface area contributed by atoms with E-state index in [9.17, 15) is 14.4 Å². The second-order valence-electron chi connectivity index (χ2n) is 8.77. The Morgan fingerprint density at radius 1 is 1.17 bits per heavy atom. The maximum absolute atomic E-state index is 13.3. The Bertz CT molecular complexity index is 794. The van der Waals surface area contributed by atoms with Gasteiger partial charge >= 0.3 is 12.0 Å². The fraction of sp³-hybridized carbons (Fsp3) is 0.591. The molecule has 1 aromatic carbocycles. The number of esters is 1. The van der Waals surface area contributed by atoms with Gasteiger partial charge in [0, 0.05) is 43.9 Å². The van der Waals surface area contributed by atoms with Crippen LogP contribution in [0.15, 0.2) is 24.3 Å². The Morgan fingerprint density at radius 2 is 1.77 bits per heavy atom. The smallest absolute Gasteiger partial charge is 0.315 e. The number of urea groups is 1. The molecule has 1 aliphatic rings. The van der Waals surface area contributed by atoms with Crippen LogP contribution in [0.1, 0.15) is 46.6 Å². The van der Waals surface area contributed by atoms with Crippen LogP contribution in [0.3, 0.4) is 0 Å². The maximum atomic E-state index is 13.3. The van der Waals surface area contributed by atoms with Crippen molar-refractivity contribution in [3.63, 3.8) is 0 Å². The molecule has 1 aliphatic heterocycles. The van der Waals surface area contributed by atoms with Gasteiger partial charge in [0.2, 0.25) is 5.91 Å². The minimum Gasteiger partial charge on any atom is -0.454 e. The fourth-order valence-electron chi connectivity index (χ4n) is 4.17. The number of rotatable bonds is 5. The minimum atomic E-state index is -0.887. The van der Waals surface area contributed by atoms with Crippen molar-refractivity contribution in [2.24, 2.45) is 11.3 Å². The second-order valence-corrected chi connectivity index (χ2v) is 9.20. The third kappa shape index (κ3) is 4.89. The van der Waals surface area contributed by atoms with E-state index >= 15 is 0 Å². The molecule has 0 bridgehead atoms. The first-order valence-electron chi connectivity index (χ1n) is 10.2. The average Bonchev–Trinajstić information content (AvgIpc) is 2.66. The number of piperidine rings is 1. The number of ether oxygens (including phenoxy) is 1. The van der Waals surface area contributed by atoms with Gasteiger partial charge in [0.1, 0.15) is 11.6 Å². The van der Waals surface area contributed by atoms with Crippen LogP contribution in [0.4, 0.5) is 4.79 Å². The quantitative estimate of drug-likeness (QED) is 0.692. The molecule has 1 saturated heterocycles. The lowest BCUT2D eigenvalue weighted by Crippen LogP contribution is -2.62. The summed E-state index contributed by atoms with van der Waals surface area (Å²) in [5.74, 6) is -0.595. The minimum absolute atomic E-state index is 0.0747. The number of hydrogen-bond acceptors (Lipinski definition) is 4. The van der Waals surface area contributed by atoms with Gasteiger partial charge in [-0.2, -0.15) is 0 Å². The van der Waals surface area contributed by atoms with Crippen LogP contribution in [-0.4, -0.2) is 49.0 Å². The van der Waals surface area contributed by atoms with Crippen LogP contribution in [0.25, 0.3) is 0 Å². The van der Waals surface area contributed by atoms with Crippen molar-refractivity contribution in [1.82, 2.24) is 15.5 Å². The Kier molecular flexibility index (Phi) is 7.40. The second kappa shape index (κ2) is 9.25. The van der Waals surface area contributed by atoms with Gasteiger partial charge < -0.3 is 20.3 Å². The number of carbonyl (C=O) groups is 3. The van der Waals surface area contributed by atoms with Gasteiger partial charge in [-0.05, 0) is 23.6 Å². The van der Waals surface area contributed by atoms with Gasteiger partial charge in [0.25, 0.3) is 0 Å². The molecule has 7 nitrogen and oxygen atoms in total. The third-order valence-electron chi connectivity index (χ3n) is 5.80. The molecule has 1 fully saturated rings. The molecule has 8 heteroatoms. The zero-order valence-corrected chi connectivity index (χ0v) is 19.3. The molecule has 0 saturated carbocycles. The molecule has 2 unspecified atom stereocenters. The lowest BCUT2D eigenvalue weighted by Gasteiger charge is -2.53. The summed E-state index contributed by atoms with van der Waals surface area (Å²) < 4.78 is 5.94. The van der Waals surface area contributed by atoms with Crippen molar-refractivity contribution in [1.29, 1.82) is 0 Å². The van der Waals surface area contributed by atoms with E-state index in [2.05, 4.69) is 10.6 Å². The molecular formula is C22H32ClN3O4. The molecule has 3 amide bonds. The predicted molar refractivity (Wildman–Crippen MR) is 116 cm³/mol. The van der Waals surface area contributed by atoms with Gasteiger partial charge in [0.15, 0.2) is 0 Å². The Labute approximate surface area is 183 Å². The van der Waals surface area contributed by atoms with Crippen molar-refractivity contribution in [2.75, 3.05) is 20.1 Å². The molecule has 166 valence electrons. The number of nitrogens with zero attached hydrogens (tertiary/aromatic N) is 1. The molecular weight excluding hydrogens is 406 g/mol. The SMILES string of the molecule is CNC(=O)NC(C(=O)N1CCC(OC(C)=O)(c2ccc(Cl)cc2)C(C)(C)C1)C(C)C.